The topological polar surface area (TPSA) is 87.1 Å². The standard InChI is InChI=1S/C24H26F3N5O3S/c1-23(14-5-7-15(25)8-6-14)18(22(34)35-4)16(29-19(30-23)20-28-9-10-36-20)12-32-13-24(26,27)11-17(32)21(33)31(2)3/h5-10,17H,11-13H2,1-4H3,(H,29,30)/t17-,23?/m0/s1. The van der Waals surface area contributed by atoms with Gasteiger partial charge in [-0.25, -0.2) is 27.9 Å². The SMILES string of the molecule is COC(=O)C1=C(CN2CC(F)(F)C[C@H]2C(=O)N(C)C)NC(c2nccs2)=NC1(C)c1ccc(F)cc1. The number of hydrogen-bond acceptors (Lipinski definition) is 8. The molecule has 2 atom stereocenters. The number of halogens is 3. The number of thiazole rings is 1. The van der Waals surface area contributed by atoms with Crippen LogP contribution in [-0.2, 0) is 19.9 Å². The summed E-state index contributed by atoms with van der Waals surface area (Å²) in [5.74, 6) is -4.41. The largest absolute Gasteiger partial charge is 0.466 e. The van der Waals surface area contributed by atoms with Crippen LogP contribution in [0.15, 0.2) is 52.1 Å². The number of methoxy groups -OCH3 is 1. The summed E-state index contributed by atoms with van der Waals surface area (Å²) in [6, 6.07) is 4.44. The molecule has 0 spiro atoms. The van der Waals surface area contributed by atoms with E-state index in [9.17, 15) is 22.8 Å². The van der Waals surface area contributed by atoms with Gasteiger partial charge in [-0.2, -0.15) is 0 Å². The second-order valence-corrected chi connectivity index (χ2v) is 9.95. The van der Waals surface area contributed by atoms with E-state index in [0.717, 1.165) is 0 Å². The minimum Gasteiger partial charge on any atom is -0.466 e. The summed E-state index contributed by atoms with van der Waals surface area (Å²) in [6.07, 6.45) is 0.957. The van der Waals surface area contributed by atoms with Crippen LogP contribution in [-0.4, -0.2) is 78.8 Å². The number of aromatic nitrogens is 1. The summed E-state index contributed by atoms with van der Waals surface area (Å²) in [5.41, 5.74) is -0.539. The van der Waals surface area contributed by atoms with Crippen molar-refractivity contribution >= 4 is 29.0 Å². The maximum atomic E-state index is 14.5. The van der Waals surface area contributed by atoms with Crippen molar-refractivity contribution in [1.29, 1.82) is 0 Å². The quantitative estimate of drug-likeness (QED) is 0.589. The van der Waals surface area contributed by atoms with Crippen LogP contribution in [0.1, 0.15) is 23.9 Å². The highest BCUT2D eigenvalue weighted by Crippen LogP contribution is 2.40. The highest BCUT2D eigenvalue weighted by Gasteiger charge is 2.50. The molecule has 0 bridgehead atoms. The average Bonchev–Trinajstić information content (AvgIpc) is 3.46. The molecule has 2 aromatic rings. The zero-order chi connectivity index (χ0) is 26.3. The minimum atomic E-state index is -3.08. The first-order valence-corrected chi connectivity index (χ1v) is 12.0. The number of carbonyl (C=O) groups excluding carboxylic acids is 2. The van der Waals surface area contributed by atoms with Crippen LogP contribution >= 0.6 is 11.3 Å². The molecule has 192 valence electrons. The summed E-state index contributed by atoms with van der Waals surface area (Å²) in [5, 5.41) is 5.35. The predicted octanol–water partition coefficient (Wildman–Crippen LogP) is 2.77. The number of esters is 1. The average molecular weight is 522 g/mol. The Morgan fingerprint density at radius 2 is 1.97 bits per heavy atom. The Hall–Kier alpha value is -3.25. The summed E-state index contributed by atoms with van der Waals surface area (Å²) in [6.45, 7) is 0.835. The number of carbonyl (C=O) groups is 2. The van der Waals surface area contributed by atoms with Crippen LogP contribution in [0.4, 0.5) is 13.2 Å². The number of rotatable bonds is 6. The molecule has 1 amide bonds. The number of amides is 1. The fourth-order valence-electron chi connectivity index (χ4n) is 4.57. The van der Waals surface area contributed by atoms with Gasteiger partial charge in [0.15, 0.2) is 10.8 Å². The Balaban J connectivity index is 1.85. The van der Waals surface area contributed by atoms with Gasteiger partial charge in [0.2, 0.25) is 5.91 Å². The molecule has 1 aromatic heterocycles. The Labute approximate surface area is 210 Å². The van der Waals surface area contributed by atoms with Crippen molar-refractivity contribution in [3.8, 4) is 0 Å². The van der Waals surface area contributed by atoms with Gasteiger partial charge in [0.1, 0.15) is 11.4 Å². The molecule has 12 heteroatoms. The third-order valence-corrected chi connectivity index (χ3v) is 7.06. The number of likely N-dealkylation sites (tertiary alicyclic amines) is 1. The van der Waals surface area contributed by atoms with Gasteiger partial charge in [0, 0.05) is 44.3 Å². The molecule has 1 N–H and O–H groups in total. The fraction of sp³-hybridized carbons (Fsp3) is 0.417. The van der Waals surface area contributed by atoms with Crippen LogP contribution in [0.5, 0.6) is 0 Å². The molecule has 0 aliphatic carbocycles. The number of alkyl halides is 2. The third kappa shape index (κ3) is 4.87. The smallest absolute Gasteiger partial charge is 0.338 e. The van der Waals surface area contributed by atoms with Crippen LogP contribution in [0.3, 0.4) is 0 Å². The number of benzene rings is 1. The van der Waals surface area contributed by atoms with Crippen molar-refractivity contribution in [3.63, 3.8) is 0 Å². The molecule has 1 saturated heterocycles. The van der Waals surface area contributed by atoms with E-state index in [1.165, 1.54) is 66.6 Å². The van der Waals surface area contributed by atoms with Crippen molar-refractivity contribution in [2.24, 2.45) is 4.99 Å². The van der Waals surface area contributed by atoms with Crippen LogP contribution in [0.2, 0.25) is 0 Å². The summed E-state index contributed by atoms with van der Waals surface area (Å²) in [4.78, 5) is 37.6. The van der Waals surface area contributed by atoms with Gasteiger partial charge < -0.3 is 15.0 Å². The van der Waals surface area contributed by atoms with Crippen LogP contribution < -0.4 is 5.32 Å². The normalized spacial score (nSPS) is 23.8. The summed E-state index contributed by atoms with van der Waals surface area (Å²) < 4.78 is 47.8. The predicted molar refractivity (Wildman–Crippen MR) is 128 cm³/mol. The molecule has 8 nitrogen and oxygen atoms in total. The lowest BCUT2D eigenvalue weighted by Crippen LogP contribution is -2.48. The highest BCUT2D eigenvalue weighted by molar-refractivity contribution is 7.11. The first-order valence-electron chi connectivity index (χ1n) is 11.1. The molecular weight excluding hydrogens is 495 g/mol. The van der Waals surface area contributed by atoms with Gasteiger partial charge in [0.25, 0.3) is 5.92 Å². The first-order chi connectivity index (χ1) is 16.9. The molecule has 1 unspecified atom stereocenters. The van der Waals surface area contributed by atoms with E-state index in [2.05, 4.69) is 10.3 Å². The van der Waals surface area contributed by atoms with Crippen molar-refractivity contribution in [2.75, 3.05) is 34.3 Å². The third-order valence-electron chi connectivity index (χ3n) is 6.28. The number of amidine groups is 1. The second kappa shape index (κ2) is 9.66. The Kier molecular flexibility index (Phi) is 6.93. The van der Waals surface area contributed by atoms with Gasteiger partial charge in [-0.1, -0.05) is 12.1 Å². The van der Waals surface area contributed by atoms with E-state index in [-0.39, 0.29) is 17.8 Å². The minimum absolute atomic E-state index is 0.0724. The molecular formula is C24H26F3N5O3S. The maximum absolute atomic E-state index is 14.5. The number of nitrogens with one attached hydrogen (secondary N) is 1. The molecule has 2 aliphatic heterocycles. The number of likely N-dealkylation sites (N-methyl/N-ethyl adjacent to an activating group) is 1. The first kappa shape index (κ1) is 25.8. The van der Waals surface area contributed by atoms with Crippen molar-refractivity contribution < 1.29 is 27.5 Å². The van der Waals surface area contributed by atoms with E-state index >= 15 is 0 Å². The lowest BCUT2D eigenvalue weighted by atomic mass is 9.82. The molecule has 4 rings (SSSR count). The lowest BCUT2D eigenvalue weighted by molar-refractivity contribution is -0.137. The Bertz CT molecular complexity index is 1210. The number of aliphatic imine (C=N–C) groups is 1. The number of ether oxygens (including phenoxy) is 1. The van der Waals surface area contributed by atoms with Gasteiger partial charge >= 0.3 is 5.97 Å². The van der Waals surface area contributed by atoms with Crippen LogP contribution in [0.25, 0.3) is 0 Å². The van der Waals surface area contributed by atoms with Crippen LogP contribution in [0, 0.1) is 5.82 Å². The Morgan fingerprint density at radius 3 is 2.56 bits per heavy atom. The molecule has 1 aromatic carbocycles. The summed E-state index contributed by atoms with van der Waals surface area (Å²) in [7, 11) is 4.22. The van der Waals surface area contributed by atoms with E-state index in [1.54, 1.807) is 18.5 Å². The monoisotopic (exact) mass is 521 g/mol. The molecule has 3 heterocycles. The molecule has 0 radical (unpaired) electrons. The highest BCUT2D eigenvalue weighted by atomic mass is 32.1. The maximum Gasteiger partial charge on any atom is 0.338 e. The van der Waals surface area contributed by atoms with E-state index in [1.807, 2.05) is 0 Å². The van der Waals surface area contributed by atoms with Crippen molar-refractivity contribution in [1.82, 2.24) is 20.1 Å². The molecule has 2 aliphatic rings. The molecule has 0 saturated carbocycles. The van der Waals surface area contributed by atoms with Crippen molar-refractivity contribution in [2.45, 2.75) is 30.8 Å². The van der Waals surface area contributed by atoms with Gasteiger partial charge in [-0.15, -0.1) is 11.3 Å². The van der Waals surface area contributed by atoms with E-state index < -0.39 is 48.2 Å². The zero-order valence-corrected chi connectivity index (χ0v) is 21.0. The Morgan fingerprint density at radius 1 is 1.28 bits per heavy atom. The lowest BCUT2D eigenvalue weighted by Gasteiger charge is -2.36. The zero-order valence-electron chi connectivity index (χ0n) is 20.2. The molecule has 36 heavy (non-hydrogen) atoms. The molecule has 1 fully saturated rings. The number of hydrogen-bond donors (Lipinski definition) is 1. The second-order valence-electron chi connectivity index (χ2n) is 9.06. The van der Waals surface area contributed by atoms with Gasteiger partial charge in [-0.05, 0) is 24.6 Å². The van der Waals surface area contributed by atoms with E-state index in [0.29, 0.717) is 16.4 Å². The van der Waals surface area contributed by atoms with Gasteiger partial charge in [-0.3, -0.25) is 9.69 Å². The summed E-state index contributed by atoms with van der Waals surface area (Å²) >= 11 is 1.30. The van der Waals surface area contributed by atoms with Gasteiger partial charge in [0.05, 0.1) is 25.3 Å². The number of nitrogens with zero attached hydrogens (tertiary/aromatic N) is 4. The van der Waals surface area contributed by atoms with E-state index in [4.69, 9.17) is 9.73 Å². The van der Waals surface area contributed by atoms with Crippen molar-refractivity contribution in [3.05, 3.63) is 63.5 Å². The fourth-order valence-corrected chi connectivity index (χ4v) is 5.15.